The predicted octanol–water partition coefficient (Wildman–Crippen LogP) is 1.88. The number of hydrogen-bond acceptors (Lipinski definition) is 5. The van der Waals surface area contributed by atoms with Gasteiger partial charge in [0.2, 0.25) is 11.8 Å². The Bertz CT molecular complexity index is 607. The van der Waals surface area contributed by atoms with Crippen LogP contribution in [0.4, 0.5) is 0 Å². The molecule has 2 rings (SSSR count). The van der Waals surface area contributed by atoms with E-state index in [1.807, 2.05) is 24.3 Å². The number of methoxy groups -OCH3 is 1. The Morgan fingerprint density at radius 3 is 2.90 bits per heavy atom. The summed E-state index contributed by atoms with van der Waals surface area (Å²) in [7, 11) is 2.98. The van der Waals surface area contributed by atoms with Gasteiger partial charge in [-0.25, -0.2) is 10.5 Å². The van der Waals surface area contributed by atoms with Crippen LogP contribution in [-0.2, 0) is 16.1 Å². The summed E-state index contributed by atoms with van der Waals surface area (Å²) in [4.78, 5) is 20.4. The van der Waals surface area contributed by atoms with Gasteiger partial charge in [0.15, 0.2) is 0 Å². The molecule has 1 N–H and O–H groups in total. The molecule has 0 spiro atoms. The first-order valence-corrected chi connectivity index (χ1v) is 6.06. The van der Waals surface area contributed by atoms with Crippen molar-refractivity contribution < 1.29 is 18.8 Å². The van der Waals surface area contributed by atoms with Crippen molar-refractivity contribution in [1.29, 1.82) is 0 Å². The fraction of sp³-hybridized carbons (Fsp3) is 0.286. The summed E-state index contributed by atoms with van der Waals surface area (Å²) in [6, 6.07) is 7.38. The smallest absolute Gasteiger partial charge is 0.249 e. The Morgan fingerprint density at radius 2 is 2.20 bits per heavy atom. The average molecular weight is 276 g/mol. The second kappa shape index (κ2) is 6.21. The number of nitrogens with one attached hydrogen (secondary N) is 1. The first kappa shape index (κ1) is 14.1. The van der Waals surface area contributed by atoms with Gasteiger partial charge in [0.1, 0.15) is 11.5 Å². The number of carbonyl (C=O) groups excluding carboxylic acids is 1. The number of hydroxylamine groups is 1. The minimum Gasteiger partial charge on any atom is -0.497 e. The van der Waals surface area contributed by atoms with Gasteiger partial charge in [-0.15, -0.1) is 0 Å². The SMILES string of the molecule is CONC(=O)Cc1nc(-c2cccc(OC)c2)oc1C. The molecule has 0 aliphatic carbocycles. The Kier molecular flexibility index (Phi) is 4.37. The maximum Gasteiger partial charge on any atom is 0.249 e. The molecule has 106 valence electrons. The first-order chi connectivity index (χ1) is 9.63. The van der Waals surface area contributed by atoms with Crippen molar-refractivity contribution in [3.63, 3.8) is 0 Å². The summed E-state index contributed by atoms with van der Waals surface area (Å²) >= 11 is 0. The van der Waals surface area contributed by atoms with Crippen molar-refractivity contribution in [1.82, 2.24) is 10.5 Å². The van der Waals surface area contributed by atoms with Crippen molar-refractivity contribution >= 4 is 5.91 Å². The van der Waals surface area contributed by atoms with Crippen LogP contribution in [0, 0.1) is 6.92 Å². The molecule has 0 radical (unpaired) electrons. The third-order valence-corrected chi connectivity index (χ3v) is 2.75. The van der Waals surface area contributed by atoms with E-state index in [4.69, 9.17) is 9.15 Å². The molecule has 0 fully saturated rings. The molecule has 0 atom stereocenters. The molecule has 0 bridgehead atoms. The van der Waals surface area contributed by atoms with Gasteiger partial charge in [-0.1, -0.05) is 6.07 Å². The number of nitrogens with zero attached hydrogens (tertiary/aromatic N) is 1. The first-order valence-electron chi connectivity index (χ1n) is 6.06. The third-order valence-electron chi connectivity index (χ3n) is 2.75. The van der Waals surface area contributed by atoms with Crippen molar-refractivity contribution in [3.05, 3.63) is 35.7 Å². The predicted molar refractivity (Wildman–Crippen MR) is 72.1 cm³/mol. The van der Waals surface area contributed by atoms with Gasteiger partial charge in [-0.3, -0.25) is 9.63 Å². The van der Waals surface area contributed by atoms with Crippen LogP contribution >= 0.6 is 0 Å². The van der Waals surface area contributed by atoms with Gasteiger partial charge in [0.05, 0.1) is 26.3 Å². The van der Waals surface area contributed by atoms with Crippen LogP contribution in [0.2, 0.25) is 0 Å². The van der Waals surface area contributed by atoms with E-state index in [0.717, 1.165) is 11.3 Å². The second-order valence-corrected chi connectivity index (χ2v) is 4.16. The van der Waals surface area contributed by atoms with E-state index in [2.05, 4.69) is 15.3 Å². The van der Waals surface area contributed by atoms with Crippen molar-refractivity contribution in [2.24, 2.45) is 0 Å². The minimum absolute atomic E-state index is 0.104. The summed E-state index contributed by atoms with van der Waals surface area (Å²) in [5, 5.41) is 0. The zero-order chi connectivity index (χ0) is 14.5. The van der Waals surface area contributed by atoms with Gasteiger partial charge >= 0.3 is 0 Å². The quantitative estimate of drug-likeness (QED) is 0.844. The molecule has 0 unspecified atom stereocenters. The number of aromatic nitrogens is 1. The van der Waals surface area contributed by atoms with Gasteiger partial charge in [-0.05, 0) is 25.1 Å². The third kappa shape index (κ3) is 3.16. The zero-order valence-electron chi connectivity index (χ0n) is 11.6. The van der Waals surface area contributed by atoms with E-state index in [-0.39, 0.29) is 12.3 Å². The lowest BCUT2D eigenvalue weighted by molar-refractivity contribution is -0.130. The Labute approximate surface area is 116 Å². The molecule has 6 nitrogen and oxygen atoms in total. The highest BCUT2D eigenvalue weighted by Gasteiger charge is 2.14. The topological polar surface area (TPSA) is 73.6 Å². The number of amides is 1. The normalized spacial score (nSPS) is 10.3. The summed E-state index contributed by atoms with van der Waals surface area (Å²) in [6.07, 6.45) is 0.104. The van der Waals surface area contributed by atoms with Gasteiger partial charge in [0, 0.05) is 5.56 Å². The van der Waals surface area contributed by atoms with E-state index in [9.17, 15) is 4.79 Å². The fourth-order valence-electron chi connectivity index (χ4n) is 1.77. The maximum atomic E-state index is 11.5. The number of hydrogen-bond donors (Lipinski definition) is 1. The number of rotatable bonds is 5. The van der Waals surface area contributed by atoms with Gasteiger partial charge in [-0.2, -0.15) is 0 Å². The van der Waals surface area contributed by atoms with E-state index >= 15 is 0 Å². The van der Waals surface area contributed by atoms with E-state index in [0.29, 0.717) is 17.3 Å². The Balaban J connectivity index is 2.23. The molecule has 0 aliphatic heterocycles. The van der Waals surface area contributed by atoms with Crippen LogP contribution < -0.4 is 10.2 Å². The second-order valence-electron chi connectivity index (χ2n) is 4.16. The highest BCUT2D eigenvalue weighted by molar-refractivity contribution is 5.77. The van der Waals surface area contributed by atoms with E-state index in [1.165, 1.54) is 7.11 Å². The molecule has 20 heavy (non-hydrogen) atoms. The number of oxazole rings is 1. The molecular formula is C14H16N2O4. The number of carbonyl (C=O) groups is 1. The van der Waals surface area contributed by atoms with Gasteiger partial charge < -0.3 is 9.15 Å². The van der Waals surface area contributed by atoms with Crippen LogP contribution in [0.1, 0.15) is 11.5 Å². The number of aryl methyl sites for hydroxylation is 1. The number of benzene rings is 1. The lowest BCUT2D eigenvalue weighted by Gasteiger charge is -2.00. The Morgan fingerprint density at radius 1 is 1.40 bits per heavy atom. The molecule has 2 aromatic rings. The fourth-order valence-corrected chi connectivity index (χ4v) is 1.77. The molecule has 1 heterocycles. The van der Waals surface area contributed by atoms with E-state index in [1.54, 1.807) is 14.0 Å². The molecule has 0 saturated carbocycles. The zero-order valence-corrected chi connectivity index (χ0v) is 11.6. The summed E-state index contributed by atoms with van der Waals surface area (Å²) in [6.45, 7) is 1.77. The van der Waals surface area contributed by atoms with Crippen LogP contribution in [0.15, 0.2) is 28.7 Å². The van der Waals surface area contributed by atoms with Crippen LogP contribution in [-0.4, -0.2) is 25.1 Å². The standard InChI is InChI=1S/C14H16N2O4/c1-9-12(8-13(17)16-19-3)15-14(20-9)10-5-4-6-11(7-10)18-2/h4-7H,8H2,1-3H3,(H,16,17). The van der Waals surface area contributed by atoms with Crippen molar-refractivity contribution in [2.45, 2.75) is 13.3 Å². The summed E-state index contributed by atoms with van der Waals surface area (Å²) in [5.74, 6) is 1.51. The van der Waals surface area contributed by atoms with Crippen molar-refractivity contribution in [2.75, 3.05) is 14.2 Å². The largest absolute Gasteiger partial charge is 0.497 e. The lowest BCUT2D eigenvalue weighted by atomic mass is 10.2. The summed E-state index contributed by atoms with van der Waals surface area (Å²) in [5.41, 5.74) is 3.63. The molecule has 0 saturated heterocycles. The van der Waals surface area contributed by atoms with Crippen LogP contribution in [0.3, 0.4) is 0 Å². The average Bonchev–Trinajstić information content (AvgIpc) is 2.80. The highest BCUT2D eigenvalue weighted by Crippen LogP contribution is 2.25. The van der Waals surface area contributed by atoms with Gasteiger partial charge in [0.25, 0.3) is 0 Å². The molecular weight excluding hydrogens is 260 g/mol. The molecule has 6 heteroatoms. The molecule has 1 aromatic heterocycles. The molecule has 1 aromatic carbocycles. The lowest BCUT2D eigenvalue weighted by Crippen LogP contribution is -2.24. The van der Waals surface area contributed by atoms with Crippen LogP contribution in [0.5, 0.6) is 5.75 Å². The minimum atomic E-state index is -0.277. The maximum absolute atomic E-state index is 11.5. The molecule has 0 aliphatic rings. The summed E-state index contributed by atoms with van der Waals surface area (Å²) < 4.78 is 10.8. The number of ether oxygens (including phenoxy) is 1. The highest BCUT2D eigenvalue weighted by atomic mass is 16.6. The van der Waals surface area contributed by atoms with E-state index < -0.39 is 0 Å². The Hall–Kier alpha value is -2.34. The van der Waals surface area contributed by atoms with Crippen molar-refractivity contribution in [3.8, 4) is 17.2 Å². The molecule has 1 amide bonds. The monoisotopic (exact) mass is 276 g/mol. The van der Waals surface area contributed by atoms with Crippen LogP contribution in [0.25, 0.3) is 11.5 Å².